The number of carbonyl (C=O) groups excluding carboxylic acids is 2. The standard InChI is InChI=1S/C14H8Br2N2O6/c15-9-7(11(17)19)5-3(13(21)22)1-2-4(14(23)24)6(5)8(10(9)16)12(18)20/h1-2H,(H2,17,19)(H2,18,20)(H,21,22)(H,23,24). The molecule has 2 aromatic carbocycles. The van der Waals surface area contributed by atoms with Crippen LogP contribution in [-0.2, 0) is 0 Å². The lowest BCUT2D eigenvalue weighted by molar-refractivity contribution is 0.0684. The maximum atomic E-state index is 11.8. The first-order valence-electron chi connectivity index (χ1n) is 6.13. The van der Waals surface area contributed by atoms with Gasteiger partial charge in [-0.05, 0) is 44.0 Å². The van der Waals surface area contributed by atoms with Crippen molar-refractivity contribution in [2.45, 2.75) is 0 Å². The zero-order valence-corrected chi connectivity index (χ0v) is 14.8. The fraction of sp³-hybridized carbons (Fsp3) is 0. The number of benzene rings is 2. The van der Waals surface area contributed by atoms with E-state index in [1.165, 1.54) is 0 Å². The van der Waals surface area contributed by atoms with Crippen molar-refractivity contribution < 1.29 is 29.4 Å². The highest BCUT2D eigenvalue weighted by Gasteiger charge is 2.29. The van der Waals surface area contributed by atoms with Gasteiger partial charge in [-0.25, -0.2) is 9.59 Å². The van der Waals surface area contributed by atoms with Crippen LogP contribution >= 0.6 is 31.9 Å². The molecule has 0 aliphatic carbocycles. The zero-order valence-electron chi connectivity index (χ0n) is 11.6. The van der Waals surface area contributed by atoms with E-state index in [4.69, 9.17) is 11.5 Å². The number of fused-ring (bicyclic) bond motifs is 1. The normalized spacial score (nSPS) is 10.6. The van der Waals surface area contributed by atoms with Gasteiger partial charge in [0.2, 0.25) is 0 Å². The number of amides is 2. The van der Waals surface area contributed by atoms with Gasteiger partial charge in [0.05, 0.1) is 22.3 Å². The van der Waals surface area contributed by atoms with E-state index in [1.54, 1.807) is 0 Å². The molecule has 0 unspecified atom stereocenters. The molecule has 6 N–H and O–H groups in total. The van der Waals surface area contributed by atoms with E-state index in [0.717, 1.165) is 12.1 Å². The molecule has 0 atom stereocenters. The van der Waals surface area contributed by atoms with Gasteiger partial charge < -0.3 is 21.7 Å². The van der Waals surface area contributed by atoms with Crippen LogP contribution in [0.3, 0.4) is 0 Å². The van der Waals surface area contributed by atoms with Gasteiger partial charge in [0.25, 0.3) is 11.8 Å². The molecule has 0 aromatic heterocycles. The van der Waals surface area contributed by atoms with Crippen molar-refractivity contribution in [3.63, 3.8) is 0 Å². The molecule has 8 nitrogen and oxygen atoms in total. The number of carboxylic acids is 2. The van der Waals surface area contributed by atoms with Crippen molar-refractivity contribution in [3.8, 4) is 0 Å². The van der Waals surface area contributed by atoms with Crippen LogP contribution in [0, 0.1) is 0 Å². The Hall–Kier alpha value is -2.46. The second-order valence-corrected chi connectivity index (χ2v) is 6.21. The average Bonchev–Trinajstić information content (AvgIpc) is 2.46. The van der Waals surface area contributed by atoms with E-state index in [2.05, 4.69) is 31.9 Å². The number of aromatic carboxylic acids is 2. The summed E-state index contributed by atoms with van der Waals surface area (Å²) in [5.74, 6) is -4.87. The minimum Gasteiger partial charge on any atom is -0.478 e. The minimum absolute atomic E-state index is 0.00124. The van der Waals surface area contributed by atoms with Gasteiger partial charge in [0.15, 0.2) is 0 Å². The van der Waals surface area contributed by atoms with Gasteiger partial charge in [0.1, 0.15) is 0 Å². The molecule has 0 saturated carbocycles. The smallest absolute Gasteiger partial charge is 0.336 e. The van der Waals surface area contributed by atoms with E-state index in [-0.39, 0.29) is 42.0 Å². The first-order valence-corrected chi connectivity index (χ1v) is 7.72. The predicted molar refractivity (Wildman–Crippen MR) is 90.3 cm³/mol. The van der Waals surface area contributed by atoms with Crippen LogP contribution in [-0.4, -0.2) is 34.0 Å². The number of hydrogen-bond acceptors (Lipinski definition) is 4. The summed E-state index contributed by atoms with van der Waals surface area (Å²) in [4.78, 5) is 46.7. The topological polar surface area (TPSA) is 161 Å². The summed E-state index contributed by atoms with van der Waals surface area (Å²) in [6, 6.07) is 2.04. The number of carboxylic acid groups (broad SMARTS) is 2. The summed E-state index contributed by atoms with van der Waals surface area (Å²) in [6.45, 7) is 0. The second-order valence-electron chi connectivity index (χ2n) is 4.63. The number of rotatable bonds is 4. The fourth-order valence-electron chi connectivity index (χ4n) is 2.38. The van der Waals surface area contributed by atoms with Crippen LogP contribution in [0.5, 0.6) is 0 Å². The molecule has 2 rings (SSSR count). The van der Waals surface area contributed by atoms with E-state index < -0.39 is 23.8 Å². The lowest BCUT2D eigenvalue weighted by Gasteiger charge is -2.16. The third kappa shape index (κ3) is 2.63. The van der Waals surface area contributed by atoms with Crippen molar-refractivity contribution in [2.75, 3.05) is 0 Å². The second kappa shape index (κ2) is 6.21. The number of carbonyl (C=O) groups is 4. The molecular formula is C14H8Br2N2O6. The van der Waals surface area contributed by atoms with Crippen molar-refractivity contribution in [3.05, 3.63) is 43.3 Å². The molecule has 0 aliphatic rings. The van der Waals surface area contributed by atoms with Crippen LogP contribution in [0.15, 0.2) is 21.1 Å². The van der Waals surface area contributed by atoms with Crippen LogP contribution in [0.4, 0.5) is 0 Å². The zero-order chi connectivity index (χ0) is 18.3. The van der Waals surface area contributed by atoms with Gasteiger partial charge >= 0.3 is 11.9 Å². The largest absolute Gasteiger partial charge is 0.478 e. The lowest BCUT2D eigenvalue weighted by Crippen LogP contribution is -2.20. The summed E-state index contributed by atoms with van der Waals surface area (Å²) in [5.41, 5.74) is 9.32. The third-order valence-corrected chi connectivity index (χ3v) is 5.41. The third-order valence-electron chi connectivity index (χ3n) is 3.29. The SMILES string of the molecule is NC(=O)c1c(Br)c(Br)c(C(N)=O)c2c(C(=O)O)ccc(C(=O)O)c12. The molecule has 0 fully saturated rings. The molecule has 0 saturated heterocycles. The monoisotopic (exact) mass is 458 g/mol. The Bertz CT molecular complexity index is 878. The van der Waals surface area contributed by atoms with Gasteiger partial charge in [-0.15, -0.1) is 0 Å². The lowest BCUT2D eigenvalue weighted by atomic mass is 9.91. The maximum Gasteiger partial charge on any atom is 0.336 e. The Morgan fingerprint density at radius 1 is 0.750 bits per heavy atom. The molecule has 124 valence electrons. The van der Waals surface area contributed by atoms with E-state index >= 15 is 0 Å². The Kier molecular flexibility index (Phi) is 4.63. The van der Waals surface area contributed by atoms with E-state index in [1.807, 2.05) is 0 Å². The molecule has 2 amide bonds. The van der Waals surface area contributed by atoms with Gasteiger partial charge in [-0.2, -0.15) is 0 Å². The molecule has 2 aromatic rings. The van der Waals surface area contributed by atoms with Crippen LogP contribution < -0.4 is 11.5 Å². The molecule has 10 heteroatoms. The summed E-state index contributed by atoms with van der Waals surface area (Å²) in [7, 11) is 0. The summed E-state index contributed by atoms with van der Waals surface area (Å²) < 4.78 is 0.00248. The summed E-state index contributed by atoms with van der Waals surface area (Å²) in [6.07, 6.45) is 0. The highest BCUT2D eigenvalue weighted by molar-refractivity contribution is 9.13. The summed E-state index contributed by atoms with van der Waals surface area (Å²) >= 11 is 6.14. The van der Waals surface area contributed by atoms with Gasteiger partial charge in [-0.1, -0.05) is 0 Å². The van der Waals surface area contributed by atoms with Gasteiger partial charge in [-0.3, -0.25) is 9.59 Å². The fourth-order valence-corrected chi connectivity index (χ4v) is 3.56. The Morgan fingerprint density at radius 3 is 1.25 bits per heavy atom. The summed E-state index contributed by atoms with van der Waals surface area (Å²) in [5, 5.41) is 18.2. The first kappa shape index (κ1) is 17.9. The molecule has 0 radical (unpaired) electrons. The number of nitrogens with two attached hydrogens (primary N) is 2. The molecule has 24 heavy (non-hydrogen) atoms. The Balaban J connectivity index is 3.35. The van der Waals surface area contributed by atoms with Crippen molar-refractivity contribution in [2.24, 2.45) is 11.5 Å². The first-order chi connectivity index (χ1) is 11.1. The molecule has 0 bridgehead atoms. The molecule has 0 aliphatic heterocycles. The van der Waals surface area contributed by atoms with Crippen molar-refractivity contribution >= 4 is 66.4 Å². The van der Waals surface area contributed by atoms with Crippen LogP contribution in [0.1, 0.15) is 41.4 Å². The minimum atomic E-state index is -1.43. The highest BCUT2D eigenvalue weighted by Crippen LogP contribution is 2.40. The number of hydrogen-bond donors (Lipinski definition) is 4. The van der Waals surface area contributed by atoms with E-state index in [9.17, 15) is 29.4 Å². The average molecular weight is 460 g/mol. The van der Waals surface area contributed by atoms with Crippen molar-refractivity contribution in [1.29, 1.82) is 0 Å². The number of primary amides is 2. The van der Waals surface area contributed by atoms with Crippen LogP contribution in [0.2, 0.25) is 0 Å². The van der Waals surface area contributed by atoms with Crippen molar-refractivity contribution in [1.82, 2.24) is 0 Å². The maximum absolute atomic E-state index is 11.8. The molecule has 0 spiro atoms. The highest BCUT2D eigenvalue weighted by atomic mass is 79.9. The quantitative estimate of drug-likeness (QED) is 0.546. The van der Waals surface area contributed by atoms with Crippen LogP contribution in [0.25, 0.3) is 10.8 Å². The Morgan fingerprint density at radius 2 is 1.04 bits per heavy atom. The Labute approximate surface area is 150 Å². The van der Waals surface area contributed by atoms with Gasteiger partial charge in [0, 0.05) is 19.7 Å². The van der Waals surface area contributed by atoms with E-state index in [0.29, 0.717) is 0 Å². The molecular weight excluding hydrogens is 452 g/mol. The number of halogens is 2. The predicted octanol–water partition coefficient (Wildman–Crippen LogP) is 1.96. The molecule has 0 heterocycles.